The molecule has 6 nitrogen and oxygen atoms in total. The van der Waals surface area contributed by atoms with E-state index in [2.05, 4.69) is 30.1 Å². The molecule has 0 bridgehead atoms. The number of aliphatic hydroxyl groups excluding tert-OH is 1. The van der Waals surface area contributed by atoms with Gasteiger partial charge in [0.25, 0.3) is 5.91 Å². The van der Waals surface area contributed by atoms with Crippen molar-refractivity contribution in [1.29, 1.82) is 0 Å². The van der Waals surface area contributed by atoms with Gasteiger partial charge in [-0.2, -0.15) is 5.10 Å². The number of likely N-dealkylation sites (tertiary alicyclic amines) is 1. The van der Waals surface area contributed by atoms with Gasteiger partial charge in [-0.3, -0.25) is 9.89 Å². The molecule has 1 aromatic heterocycles. The summed E-state index contributed by atoms with van der Waals surface area (Å²) in [6, 6.07) is 7.66. The van der Waals surface area contributed by atoms with Crippen LogP contribution in [0.3, 0.4) is 0 Å². The largest absolute Gasteiger partial charge is 0.394 e. The molecular formula is C18H23N3O3. The molecule has 2 aromatic rings. The van der Waals surface area contributed by atoms with Crippen LogP contribution in [0.2, 0.25) is 0 Å². The summed E-state index contributed by atoms with van der Waals surface area (Å²) in [6.45, 7) is 4.54. The van der Waals surface area contributed by atoms with Crippen LogP contribution in [0.1, 0.15) is 28.0 Å². The maximum atomic E-state index is 12.7. The number of nitrogens with one attached hydrogen (secondary N) is 1. The van der Waals surface area contributed by atoms with Gasteiger partial charge in [-0.05, 0) is 43.5 Å². The first kappa shape index (κ1) is 16.7. The molecule has 0 aliphatic carbocycles. The number of amides is 1. The third-order valence-electron chi connectivity index (χ3n) is 4.79. The summed E-state index contributed by atoms with van der Waals surface area (Å²) in [4.78, 5) is 14.4. The summed E-state index contributed by atoms with van der Waals surface area (Å²) in [5.41, 5.74) is 4.55. The van der Waals surface area contributed by atoms with Crippen molar-refractivity contribution in [3.63, 3.8) is 0 Å². The van der Waals surface area contributed by atoms with Gasteiger partial charge in [0, 0.05) is 19.2 Å². The van der Waals surface area contributed by atoms with Crippen molar-refractivity contribution >= 4 is 5.91 Å². The van der Waals surface area contributed by atoms with Gasteiger partial charge in [0.15, 0.2) is 0 Å². The van der Waals surface area contributed by atoms with E-state index in [-0.39, 0.29) is 24.7 Å². The summed E-state index contributed by atoms with van der Waals surface area (Å²) >= 11 is 0. The van der Waals surface area contributed by atoms with Crippen molar-refractivity contribution in [2.75, 3.05) is 20.3 Å². The number of aryl methyl sites for hydroxylation is 2. The number of hydrogen-bond acceptors (Lipinski definition) is 4. The van der Waals surface area contributed by atoms with E-state index < -0.39 is 0 Å². The molecule has 6 heteroatoms. The highest BCUT2D eigenvalue weighted by Gasteiger charge is 2.35. The predicted octanol–water partition coefficient (Wildman–Crippen LogP) is 1.92. The van der Waals surface area contributed by atoms with Gasteiger partial charge in [0.2, 0.25) is 0 Å². The Bertz CT molecular complexity index is 741. The first-order valence-corrected chi connectivity index (χ1v) is 8.11. The van der Waals surface area contributed by atoms with E-state index in [4.69, 9.17) is 4.74 Å². The molecule has 2 heterocycles. The van der Waals surface area contributed by atoms with Gasteiger partial charge in [-0.15, -0.1) is 0 Å². The molecule has 2 atom stereocenters. The molecule has 1 amide bonds. The van der Waals surface area contributed by atoms with Crippen LogP contribution in [-0.4, -0.2) is 58.5 Å². The molecule has 0 unspecified atom stereocenters. The molecule has 24 heavy (non-hydrogen) atoms. The highest BCUT2D eigenvalue weighted by Crippen LogP contribution is 2.24. The summed E-state index contributed by atoms with van der Waals surface area (Å²) in [6.07, 6.45) is 0.616. The number of rotatable bonds is 4. The van der Waals surface area contributed by atoms with E-state index in [1.165, 1.54) is 11.1 Å². The maximum Gasteiger partial charge on any atom is 0.272 e. The van der Waals surface area contributed by atoms with E-state index in [0.717, 1.165) is 11.3 Å². The second-order valence-electron chi connectivity index (χ2n) is 6.35. The molecule has 3 rings (SSSR count). The van der Waals surface area contributed by atoms with E-state index in [1.54, 1.807) is 18.1 Å². The highest BCUT2D eigenvalue weighted by molar-refractivity contribution is 5.93. The fourth-order valence-corrected chi connectivity index (χ4v) is 3.10. The minimum Gasteiger partial charge on any atom is -0.394 e. The number of carbonyl (C=O) groups excluding carboxylic acids is 1. The third kappa shape index (κ3) is 3.07. The molecule has 1 aliphatic heterocycles. The SMILES string of the molecule is CO[C@H]1C[C@@H](CO)N(C(=O)c2cc(-c3ccc(C)c(C)c3)n[nH]2)C1. The van der Waals surface area contributed by atoms with E-state index in [1.807, 2.05) is 12.1 Å². The molecule has 128 valence electrons. The summed E-state index contributed by atoms with van der Waals surface area (Å²) in [5, 5.41) is 16.6. The number of nitrogens with zero attached hydrogens (tertiary/aromatic N) is 2. The van der Waals surface area contributed by atoms with Crippen LogP contribution in [0.5, 0.6) is 0 Å². The number of aromatic amines is 1. The number of hydrogen-bond donors (Lipinski definition) is 2. The number of aliphatic hydroxyl groups is 1. The lowest BCUT2D eigenvalue weighted by Crippen LogP contribution is -2.38. The third-order valence-corrected chi connectivity index (χ3v) is 4.79. The minimum absolute atomic E-state index is 0.0340. The van der Waals surface area contributed by atoms with Crippen molar-refractivity contribution in [3.05, 3.63) is 41.1 Å². The molecule has 0 radical (unpaired) electrons. The lowest BCUT2D eigenvalue weighted by Gasteiger charge is -2.21. The Morgan fingerprint density at radius 1 is 1.38 bits per heavy atom. The molecule has 1 fully saturated rings. The molecule has 0 spiro atoms. The summed E-state index contributed by atoms with van der Waals surface area (Å²) < 4.78 is 5.33. The first-order chi connectivity index (χ1) is 11.5. The van der Waals surface area contributed by atoms with Gasteiger partial charge in [-0.25, -0.2) is 0 Å². The quantitative estimate of drug-likeness (QED) is 0.898. The number of H-pyrrole nitrogens is 1. The zero-order chi connectivity index (χ0) is 17.3. The van der Waals surface area contributed by atoms with Crippen molar-refractivity contribution in [1.82, 2.24) is 15.1 Å². The van der Waals surface area contributed by atoms with Crippen LogP contribution in [0.4, 0.5) is 0 Å². The first-order valence-electron chi connectivity index (χ1n) is 8.11. The Morgan fingerprint density at radius 2 is 2.17 bits per heavy atom. The van der Waals surface area contributed by atoms with Crippen molar-refractivity contribution < 1.29 is 14.6 Å². The van der Waals surface area contributed by atoms with Crippen LogP contribution in [-0.2, 0) is 4.74 Å². The monoisotopic (exact) mass is 329 g/mol. The molecule has 0 saturated carbocycles. The normalized spacial score (nSPS) is 20.6. The van der Waals surface area contributed by atoms with Crippen molar-refractivity contribution in [2.45, 2.75) is 32.4 Å². The van der Waals surface area contributed by atoms with Gasteiger partial charge < -0.3 is 14.7 Å². The van der Waals surface area contributed by atoms with Crippen LogP contribution in [0, 0.1) is 13.8 Å². The average molecular weight is 329 g/mol. The van der Waals surface area contributed by atoms with E-state index >= 15 is 0 Å². The predicted molar refractivity (Wildman–Crippen MR) is 90.8 cm³/mol. The van der Waals surface area contributed by atoms with Crippen LogP contribution in [0.15, 0.2) is 24.3 Å². The van der Waals surface area contributed by atoms with E-state index in [0.29, 0.717) is 18.7 Å². The second kappa shape index (κ2) is 6.75. The fourth-order valence-electron chi connectivity index (χ4n) is 3.10. The Balaban J connectivity index is 1.82. The Hall–Kier alpha value is -2.18. The number of benzene rings is 1. The standard InChI is InChI=1S/C18H23N3O3/c1-11-4-5-13(6-12(11)2)16-8-17(20-19-16)18(23)21-9-15(24-3)7-14(21)10-22/h4-6,8,14-15,22H,7,9-10H2,1-3H3,(H,19,20)/t14-,15-/m0/s1. The zero-order valence-electron chi connectivity index (χ0n) is 14.2. The van der Waals surface area contributed by atoms with Crippen molar-refractivity contribution in [2.24, 2.45) is 0 Å². The molecule has 1 saturated heterocycles. The lowest BCUT2D eigenvalue weighted by atomic mass is 10.0. The number of methoxy groups -OCH3 is 1. The van der Waals surface area contributed by atoms with Gasteiger partial charge in [0.1, 0.15) is 5.69 Å². The smallest absolute Gasteiger partial charge is 0.272 e. The van der Waals surface area contributed by atoms with Crippen LogP contribution >= 0.6 is 0 Å². The molecular weight excluding hydrogens is 306 g/mol. The summed E-state index contributed by atoms with van der Waals surface area (Å²) in [5.74, 6) is -0.156. The van der Waals surface area contributed by atoms with Gasteiger partial charge in [0.05, 0.1) is 24.4 Å². The Morgan fingerprint density at radius 3 is 2.83 bits per heavy atom. The lowest BCUT2D eigenvalue weighted by molar-refractivity contribution is 0.0642. The molecule has 1 aromatic carbocycles. The second-order valence-corrected chi connectivity index (χ2v) is 6.35. The van der Waals surface area contributed by atoms with E-state index in [9.17, 15) is 9.90 Å². The average Bonchev–Trinajstić information content (AvgIpc) is 3.23. The topological polar surface area (TPSA) is 78.5 Å². The highest BCUT2D eigenvalue weighted by atomic mass is 16.5. The van der Waals surface area contributed by atoms with Crippen molar-refractivity contribution in [3.8, 4) is 11.3 Å². The molecule has 2 N–H and O–H groups in total. The number of aromatic nitrogens is 2. The Kier molecular flexibility index (Phi) is 4.69. The van der Waals surface area contributed by atoms with Crippen LogP contribution < -0.4 is 0 Å². The fraction of sp³-hybridized carbons (Fsp3) is 0.444. The maximum absolute atomic E-state index is 12.7. The number of ether oxygens (including phenoxy) is 1. The van der Waals surface area contributed by atoms with Crippen LogP contribution in [0.25, 0.3) is 11.3 Å². The molecule has 1 aliphatic rings. The summed E-state index contributed by atoms with van der Waals surface area (Å²) in [7, 11) is 1.63. The van der Waals surface area contributed by atoms with Gasteiger partial charge in [-0.1, -0.05) is 12.1 Å². The number of carbonyl (C=O) groups is 1. The zero-order valence-corrected chi connectivity index (χ0v) is 14.2. The Labute approximate surface area is 141 Å². The minimum atomic E-state index is -0.212. The van der Waals surface area contributed by atoms with Gasteiger partial charge >= 0.3 is 0 Å².